The van der Waals surface area contributed by atoms with E-state index in [4.69, 9.17) is 33.2 Å². The molecule has 252 valence electrons. The molecule has 9 nitrogen and oxygen atoms in total. The van der Waals surface area contributed by atoms with E-state index < -0.39 is 5.97 Å². The zero-order valence-electron chi connectivity index (χ0n) is 27.7. The Bertz CT molecular complexity index is 1320. The van der Waals surface area contributed by atoms with Crippen LogP contribution in [0.2, 0.25) is 0 Å². The first-order valence-electron chi connectivity index (χ1n) is 16.1. The van der Waals surface area contributed by atoms with Gasteiger partial charge in [-0.15, -0.1) is 0 Å². The molecule has 0 aliphatic carbocycles. The van der Waals surface area contributed by atoms with Crippen LogP contribution in [0.15, 0.2) is 91.0 Å². The number of methoxy groups -OCH3 is 2. The van der Waals surface area contributed by atoms with Crippen molar-refractivity contribution in [1.29, 1.82) is 0 Å². The lowest BCUT2D eigenvalue weighted by atomic mass is 10.00. The van der Waals surface area contributed by atoms with Crippen LogP contribution < -0.4 is 14.2 Å². The molecule has 47 heavy (non-hydrogen) atoms. The molecule has 0 atom stereocenters. The van der Waals surface area contributed by atoms with Crippen LogP contribution in [-0.2, 0) is 23.7 Å². The standard InChI is InChI=1S/C38H47NO8/c1-4-43-36(40)19-12-11-14-30-26-34(45-28-41-2)38(35(27-30)46-29-42-3)44-25-13-22-39-23-20-33(21-24-39)47-37(31-15-7-5-8-16-31)32-17-9-6-10-18-32/h5-12,14-19,26-27,33,37H,4,13,20-25,28-29H2,1-3H3. The third kappa shape index (κ3) is 11.9. The molecule has 3 aromatic carbocycles. The van der Waals surface area contributed by atoms with E-state index in [-0.39, 0.29) is 25.8 Å². The second-order valence-corrected chi connectivity index (χ2v) is 11.0. The quantitative estimate of drug-likeness (QED) is 0.0458. The van der Waals surface area contributed by atoms with Crippen molar-refractivity contribution in [3.8, 4) is 17.2 Å². The molecule has 0 amide bonds. The Morgan fingerprint density at radius 3 is 2.00 bits per heavy atom. The van der Waals surface area contributed by atoms with Gasteiger partial charge in [-0.1, -0.05) is 78.9 Å². The van der Waals surface area contributed by atoms with Crippen LogP contribution in [0.1, 0.15) is 49.0 Å². The summed E-state index contributed by atoms with van der Waals surface area (Å²) in [5, 5.41) is 0. The van der Waals surface area contributed by atoms with E-state index in [1.54, 1.807) is 33.3 Å². The first-order chi connectivity index (χ1) is 23.1. The number of allylic oxidation sites excluding steroid dienone is 2. The molecule has 0 spiro atoms. The summed E-state index contributed by atoms with van der Waals surface area (Å²) in [6, 6.07) is 24.6. The van der Waals surface area contributed by atoms with E-state index in [2.05, 4.69) is 53.4 Å². The lowest BCUT2D eigenvalue weighted by Crippen LogP contribution is -2.38. The van der Waals surface area contributed by atoms with Gasteiger partial charge in [0.15, 0.2) is 25.1 Å². The van der Waals surface area contributed by atoms with Gasteiger partial charge < -0.3 is 38.1 Å². The second kappa shape index (κ2) is 20.2. The van der Waals surface area contributed by atoms with Crippen molar-refractivity contribution < 1.29 is 38.0 Å². The van der Waals surface area contributed by atoms with Gasteiger partial charge in [0, 0.05) is 39.9 Å². The summed E-state index contributed by atoms with van der Waals surface area (Å²) in [4.78, 5) is 14.0. The van der Waals surface area contributed by atoms with Gasteiger partial charge in [-0.05, 0) is 55.0 Å². The number of esters is 1. The minimum Gasteiger partial charge on any atom is -0.486 e. The highest BCUT2D eigenvalue weighted by Gasteiger charge is 2.25. The fourth-order valence-electron chi connectivity index (χ4n) is 5.31. The Balaban J connectivity index is 1.32. The number of carbonyl (C=O) groups is 1. The van der Waals surface area contributed by atoms with Gasteiger partial charge in [0.25, 0.3) is 0 Å². The number of benzene rings is 3. The van der Waals surface area contributed by atoms with Crippen LogP contribution in [-0.4, -0.2) is 77.6 Å². The van der Waals surface area contributed by atoms with Gasteiger partial charge in [-0.3, -0.25) is 0 Å². The van der Waals surface area contributed by atoms with Gasteiger partial charge >= 0.3 is 5.97 Å². The molecule has 3 aromatic rings. The van der Waals surface area contributed by atoms with Crippen LogP contribution in [0.25, 0.3) is 6.08 Å². The lowest BCUT2D eigenvalue weighted by Gasteiger charge is -2.34. The van der Waals surface area contributed by atoms with E-state index in [0.717, 1.165) is 44.5 Å². The predicted molar refractivity (Wildman–Crippen MR) is 182 cm³/mol. The summed E-state index contributed by atoms with van der Waals surface area (Å²) in [5.41, 5.74) is 3.14. The third-order valence-electron chi connectivity index (χ3n) is 7.56. The van der Waals surface area contributed by atoms with Crippen molar-refractivity contribution in [2.75, 3.05) is 60.7 Å². The highest BCUT2D eigenvalue weighted by Crippen LogP contribution is 2.40. The van der Waals surface area contributed by atoms with Gasteiger partial charge in [0.05, 0.1) is 19.3 Å². The van der Waals surface area contributed by atoms with E-state index in [1.807, 2.05) is 30.3 Å². The lowest BCUT2D eigenvalue weighted by molar-refractivity contribution is -0.137. The first-order valence-corrected chi connectivity index (χ1v) is 16.1. The summed E-state index contributed by atoms with van der Waals surface area (Å²) in [7, 11) is 3.12. The topological polar surface area (TPSA) is 84.9 Å². The number of hydrogen-bond donors (Lipinski definition) is 0. The average molecular weight is 646 g/mol. The molecular weight excluding hydrogens is 598 g/mol. The largest absolute Gasteiger partial charge is 0.486 e. The maximum atomic E-state index is 11.6. The SMILES string of the molecule is CCOC(=O)C=CC=Cc1cc(OCOC)c(OCCCN2CCC(OC(c3ccccc3)c3ccccc3)CC2)c(OCOC)c1. The van der Waals surface area contributed by atoms with Gasteiger partial charge in [-0.25, -0.2) is 4.79 Å². The van der Waals surface area contributed by atoms with E-state index >= 15 is 0 Å². The minimum atomic E-state index is -0.397. The molecule has 9 heteroatoms. The molecule has 0 unspecified atom stereocenters. The van der Waals surface area contributed by atoms with E-state index in [0.29, 0.717) is 30.5 Å². The highest BCUT2D eigenvalue weighted by atomic mass is 16.7. The number of piperidine rings is 1. The smallest absolute Gasteiger partial charge is 0.330 e. The zero-order chi connectivity index (χ0) is 33.1. The number of hydrogen-bond acceptors (Lipinski definition) is 9. The molecule has 0 radical (unpaired) electrons. The van der Waals surface area contributed by atoms with Gasteiger partial charge in [0.1, 0.15) is 6.10 Å². The average Bonchev–Trinajstić information content (AvgIpc) is 3.11. The monoisotopic (exact) mass is 645 g/mol. The molecule has 1 aliphatic rings. The molecule has 1 heterocycles. The summed E-state index contributed by atoms with van der Waals surface area (Å²) in [5.74, 6) is 1.06. The summed E-state index contributed by atoms with van der Waals surface area (Å²) in [6.07, 6.45) is 9.46. The molecule has 1 saturated heterocycles. The molecule has 1 aliphatic heterocycles. The van der Waals surface area contributed by atoms with Crippen molar-refractivity contribution in [3.63, 3.8) is 0 Å². The van der Waals surface area contributed by atoms with Crippen LogP contribution in [0, 0.1) is 0 Å². The predicted octanol–water partition coefficient (Wildman–Crippen LogP) is 6.82. The Morgan fingerprint density at radius 2 is 1.45 bits per heavy atom. The highest BCUT2D eigenvalue weighted by molar-refractivity contribution is 5.82. The van der Waals surface area contributed by atoms with Crippen LogP contribution in [0.3, 0.4) is 0 Å². The molecular formula is C38H47NO8. The summed E-state index contributed by atoms with van der Waals surface area (Å²) < 4.78 is 39.9. The maximum Gasteiger partial charge on any atom is 0.330 e. The Kier molecular flexibility index (Phi) is 15.3. The molecule has 0 saturated carbocycles. The van der Waals surface area contributed by atoms with Crippen LogP contribution in [0.4, 0.5) is 0 Å². The van der Waals surface area contributed by atoms with Gasteiger partial charge in [0.2, 0.25) is 5.75 Å². The number of rotatable bonds is 19. The summed E-state index contributed by atoms with van der Waals surface area (Å²) in [6.45, 7) is 5.50. The van der Waals surface area contributed by atoms with E-state index in [9.17, 15) is 4.79 Å². The Labute approximate surface area is 278 Å². The van der Waals surface area contributed by atoms with Crippen molar-refractivity contribution in [3.05, 3.63) is 108 Å². The van der Waals surface area contributed by atoms with Crippen molar-refractivity contribution >= 4 is 12.0 Å². The molecule has 1 fully saturated rings. The normalized spacial score (nSPS) is 14.2. The minimum absolute atomic E-state index is 0.0441. The zero-order valence-corrected chi connectivity index (χ0v) is 27.7. The number of carbonyl (C=O) groups excluding carboxylic acids is 1. The number of likely N-dealkylation sites (tertiary alicyclic amines) is 1. The van der Waals surface area contributed by atoms with Crippen LogP contribution >= 0.6 is 0 Å². The van der Waals surface area contributed by atoms with Crippen molar-refractivity contribution in [2.45, 2.75) is 38.4 Å². The summed E-state index contributed by atoms with van der Waals surface area (Å²) >= 11 is 0. The Morgan fingerprint density at radius 1 is 0.851 bits per heavy atom. The maximum absolute atomic E-state index is 11.6. The van der Waals surface area contributed by atoms with Crippen molar-refractivity contribution in [1.82, 2.24) is 4.90 Å². The van der Waals surface area contributed by atoms with Crippen LogP contribution in [0.5, 0.6) is 17.2 Å². The number of nitrogens with zero attached hydrogens (tertiary/aromatic N) is 1. The fraction of sp³-hybridized carbons (Fsp3) is 0.395. The molecule has 0 bridgehead atoms. The van der Waals surface area contributed by atoms with Gasteiger partial charge in [-0.2, -0.15) is 0 Å². The van der Waals surface area contributed by atoms with E-state index in [1.165, 1.54) is 17.2 Å². The number of ether oxygens (including phenoxy) is 7. The second-order valence-electron chi connectivity index (χ2n) is 11.0. The molecule has 0 N–H and O–H groups in total. The molecule has 0 aromatic heterocycles. The van der Waals surface area contributed by atoms with Crippen molar-refractivity contribution in [2.24, 2.45) is 0 Å². The fourth-order valence-corrected chi connectivity index (χ4v) is 5.31. The third-order valence-corrected chi connectivity index (χ3v) is 7.56. The molecule has 4 rings (SSSR count). The first kappa shape index (κ1) is 35.7. The Hall–Kier alpha value is -4.15.